The Balaban J connectivity index is 2.15. The number of hydrogen-bond donors (Lipinski definition) is 1. The van der Waals surface area contributed by atoms with Gasteiger partial charge < -0.3 is 5.32 Å². The minimum Gasteiger partial charge on any atom is -0.324 e. The predicted molar refractivity (Wildman–Crippen MR) is 68.0 cm³/mol. The maximum Gasteiger partial charge on any atom is 0.231 e. The monoisotopic (exact) mass is 265 g/mol. The number of carbonyl (C=O) groups is 1. The van der Waals surface area contributed by atoms with Crippen molar-refractivity contribution < 1.29 is 13.2 Å². The molecule has 1 aromatic rings. The average molecular weight is 265 g/mol. The fourth-order valence-corrected chi connectivity index (χ4v) is 5.07. The second-order valence-electron chi connectivity index (χ2n) is 5.20. The van der Waals surface area contributed by atoms with Crippen LogP contribution in [0.2, 0.25) is 0 Å². The minimum absolute atomic E-state index is 0.0527. The fourth-order valence-electron chi connectivity index (χ4n) is 3.03. The third-order valence-electron chi connectivity index (χ3n) is 3.98. The number of amides is 1. The van der Waals surface area contributed by atoms with Crippen LogP contribution in [0.15, 0.2) is 29.2 Å². The first-order chi connectivity index (χ1) is 8.54. The third-order valence-corrected chi connectivity index (χ3v) is 5.94. The van der Waals surface area contributed by atoms with Gasteiger partial charge in [-0.25, -0.2) is 8.42 Å². The van der Waals surface area contributed by atoms with Gasteiger partial charge in [0, 0.05) is 0 Å². The Labute approximate surface area is 106 Å². The van der Waals surface area contributed by atoms with Crippen LogP contribution < -0.4 is 5.32 Å². The van der Waals surface area contributed by atoms with E-state index in [1.54, 1.807) is 24.3 Å². The standard InChI is InChI=1S/C13H15NO3S/c15-12-13(7-3-4-8-13)9-18(16,17)11-6-2-1-5-10(11)14-12/h1-2,5-6H,3-4,7-9H2,(H,14,15). The first kappa shape index (κ1) is 11.7. The van der Waals surface area contributed by atoms with Gasteiger partial charge in [-0.1, -0.05) is 25.0 Å². The van der Waals surface area contributed by atoms with Crippen LogP contribution in [0.25, 0.3) is 0 Å². The zero-order valence-electron chi connectivity index (χ0n) is 9.98. The SMILES string of the molecule is O=C1Nc2ccccc2S(=O)(=O)CC12CCCC2. The van der Waals surface area contributed by atoms with Crippen molar-refractivity contribution in [3.63, 3.8) is 0 Å². The second-order valence-corrected chi connectivity index (χ2v) is 7.15. The lowest BCUT2D eigenvalue weighted by Crippen LogP contribution is -2.37. The van der Waals surface area contributed by atoms with Gasteiger partial charge in [-0.15, -0.1) is 0 Å². The van der Waals surface area contributed by atoms with Gasteiger partial charge in [-0.3, -0.25) is 4.79 Å². The molecule has 0 bridgehead atoms. The predicted octanol–water partition coefficient (Wildman–Crippen LogP) is 1.97. The van der Waals surface area contributed by atoms with Gasteiger partial charge in [0.05, 0.1) is 21.8 Å². The number of rotatable bonds is 0. The molecule has 0 unspecified atom stereocenters. The summed E-state index contributed by atoms with van der Waals surface area (Å²) in [6, 6.07) is 6.65. The van der Waals surface area contributed by atoms with E-state index in [4.69, 9.17) is 0 Å². The lowest BCUT2D eigenvalue weighted by atomic mass is 9.87. The molecule has 0 saturated heterocycles. The molecule has 1 N–H and O–H groups in total. The van der Waals surface area contributed by atoms with Crippen molar-refractivity contribution in [2.45, 2.75) is 30.6 Å². The van der Waals surface area contributed by atoms with Crippen LogP contribution in [-0.2, 0) is 14.6 Å². The molecule has 1 fully saturated rings. The molecule has 1 saturated carbocycles. The Morgan fingerprint density at radius 1 is 1.11 bits per heavy atom. The summed E-state index contributed by atoms with van der Waals surface area (Å²) in [4.78, 5) is 12.6. The van der Waals surface area contributed by atoms with E-state index in [-0.39, 0.29) is 16.6 Å². The fraction of sp³-hybridized carbons (Fsp3) is 0.462. The molecule has 4 nitrogen and oxygen atoms in total. The highest BCUT2D eigenvalue weighted by atomic mass is 32.2. The van der Waals surface area contributed by atoms with Crippen molar-refractivity contribution in [3.8, 4) is 0 Å². The highest BCUT2D eigenvalue weighted by molar-refractivity contribution is 7.91. The molecule has 1 aliphatic carbocycles. The Morgan fingerprint density at radius 2 is 1.78 bits per heavy atom. The highest BCUT2D eigenvalue weighted by Crippen LogP contribution is 2.44. The van der Waals surface area contributed by atoms with Gasteiger partial charge in [0.1, 0.15) is 0 Å². The summed E-state index contributed by atoms with van der Waals surface area (Å²) in [6.45, 7) is 0. The Bertz CT molecular complexity index is 600. The summed E-state index contributed by atoms with van der Waals surface area (Å²) >= 11 is 0. The van der Waals surface area contributed by atoms with E-state index in [0.29, 0.717) is 18.5 Å². The molecular formula is C13H15NO3S. The van der Waals surface area contributed by atoms with Gasteiger partial charge in [0.2, 0.25) is 5.91 Å². The Morgan fingerprint density at radius 3 is 2.50 bits per heavy atom. The first-order valence-electron chi connectivity index (χ1n) is 6.17. The number of sulfone groups is 1. The molecule has 3 rings (SSSR count). The zero-order chi connectivity index (χ0) is 12.8. The summed E-state index contributed by atoms with van der Waals surface area (Å²) < 4.78 is 24.8. The molecule has 0 aromatic heterocycles. The quantitative estimate of drug-likeness (QED) is 0.780. The molecule has 18 heavy (non-hydrogen) atoms. The van der Waals surface area contributed by atoms with Crippen molar-refractivity contribution >= 4 is 21.4 Å². The second kappa shape index (κ2) is 3.82. The van der Waals surface area contributed by atoms with E-state index in [9.17, 15) is 13.2 Å². The molecule has 1 heterocycles. The van der Waals surface area contributed by atoms with Crippen LogP contribution in [0.5, 0.6) is 0 Å². The maximum atomic E-state index is 12.4. The van der Waals surface area contributed by atoms with Gasteiger partial charge >= 0.3 is 0 Å². The van der Waals surface area contributed by atoms with Gasteiger partial charge in [-0.2, -0.15) is 0 Å². The molecule has 96 valence electrons. The Kier molecular flexibility index (Phi) is 2.48. The van der Waals surface area contributed by atoms with E-state index in [0.717, 1.165) is 12.8 Å². The number of nitrogens with one attached hydrogen (secondary N) is 1. The molecular weight excluding hydrogens is 250 g/mol. The largest absolute Gasteiger partial charge is 0.324 e. The van der Waals surface area contributed by atoms with Crippen LogP contribution in [0.1, 0.15) is 25.7 Å². The summed E-state index contributed by atoms with van der Waals surface area (Å²) in [6.07, 6.45) is 3.21. The topological polar surface area (TPSA) is 63.2 Å². The van der Waals surface area contributed by atoms with E-state index in [2.05, 4.69) is 5.32 Å². The highest BCUT2D eigenvalue weighted by Gasteiger charge is 2.47. The summed E-state index contributed by atoms with van der Waals surface area (Å²) in [5.41, 5.74) is -0.288. The van der Waals surface area contributed by atoms with E-state index in [1.807, 2.05) is 0 Å². The summed E-state index contributed by atoms with van der Waals surface area (Å²) in [5, 5.41) is 2.79. The normalized spacial score (nSPS) is 24.3. The van der Waals surface area contributed by atoms with E-state index >= 15 is 0 Å². The van der Waals surface area contributed by atoms with Gasteiger partial charge in [-0.05, 0) is 25.0 Å². The third kappa shape index (κ3) is 1.65. The van der Waals surface area contributed by atoms with Crippen molar-refractivity contribution in [3.05, 3.63) is 24.3 Å². The number of hydrogen-bond acceptors (Lipinski definition) is 3. The lowest BCUT2D eigenvalue weighted by Gasteiger charge is -2.23. The molecule has 5 heteroatoms. The van der Waals surface area contributed by atoms with Crippen LogP contribution in [0, 0.1) is 5.41 Å². The maximum absolute atomic E-state index is 12.4. The van der Waals surface area contributed by atoms with Crippen molar-refractivity contribution in [1.82, 2.24) is 0 Å². The molecule has 1 aromatic carbocycles. The lowest BCUT2D eigenvalue weighted by molar-refractivity contribution is -0.124. The van der Waals surface area contributed by atoms with E-state index in [1.165, 1.54) is 0 Å². The van der Waals surface area contributed by atoms with Crippen LogP contribution in [-0.4, -0.2) is 20.1 Å². The summed E-state index contributed by atoms with van der Waals surface area (Å²) in [5.74, 6) is -0.184. The molecule has 2 aliphatic rings. The van der Waals surface area contributed by atoms with E-state index < -0.39 is 15.3 Å². The smallest absolute Gasteiger partial charge is 0.231 e. The Hall–Kier alpha value is -1.36. The van der Waals surface area contributed by atoms with Crippen molar-refractivity contribution in [2.24, 2.45) is 5.41 Å². The van der Waals surface area contributed by atoms with Gasteiger partial charge in [0.25, 0.3) is 0 Å². The molecule has 0 atom stereocenters. The van der Waals surface area contributed by atoms with Crippen LogP contribution in [0.4, 0.5) is 5.69 Å². The van der Waals surface area contributed by atoms with Crippen molar-refractivity contribution in [2.75, 3.05) is 11.1 Å². The minimum atomic E-state index is -3.39. The molecule has 1 amide bonds. The van der Waals surface area contributed by atoms with Crippen LogP contribution >= 0.6 is 0 Å². The zero-order valence-corrected chi connectivity index (χ0v) is 10.8. The first-order valence-corrected chi connectivity index (χ1v) is 7.82. The number of anilines is 1. The number of para-hydroxylation sites is 1. The molecule has 1 aliphatic heterocycles. The number of benzene rings is 1. The number of carbonyl (C=O) groups excluding carboxylic acids is 1. The van der Waals surface area contributed by atoms with Gasteiger partial charge in [0.15, 0.2) is 9.84 Å². The summed E-state index contributed by atoms with van der Waals surface area (Å²) in [7, 11) is -3.39. The average Bonchev–Trinajstić information content (AvgIpc) is 2.75. The molecule has 0 radical (unpaired) electrons. The molecule has 1 spiro atoms. The van der Waals surface area contributed by atoms with Crippen molar-refractivity contribution in [1.29, 1.82) is 0 Å². The number of fused-ring (bicyclic) bond motifs is 1. The van der Waals surface area contributed by atoms with Crippen LogP contribution in [0.3, 0.4) is 0 Å².